The molecule has 0 saturated carbocycles. The lowest BCUT2D eigenvalue weighted by molar-refractivity contribution is -0.137. The molecule has 2 amide bonds. The van der Waals surface area contributed by atoms with Crippen molar-refractivity contribution in [2.24, 2.45) is 5.92 Å². The minimum Gasteiger partial charge on any atom is -0.481 e. The second-order valence-corrected chi connectivity index (χ2v) is 6.17. The minimum absolute atomic E-state index is 0.0411. The Hall–Kier alpha value is -2.37. The van der Waals surface area contributed by atoms with Gasteiger partial charge in [0.25, 0.3) is 0 Å². The van der Waals surface area contributed by atoms with Crippen LogP contribution in [0.2, 0.25) is 0 Å². The standard InChI is InChI=1S/C18H26N2O4/c1-13(2)8-10-16(21)19-12-17(22)20-15(9-11-18(23)24)14-6-4-3-5-7-14/h3-7,13,15H,8-12H2,1-2H3,(H,19,21)(H,20,22)(H,23,24). The van der Waals surface area contributed by atoms with E-state index < -0.39 is 5.97 Å². The first-order valence-corrected chi connectivity index (χ1v) is 8.21. The van der Waals surface area contributed by atoms with Gasteiger partial charge in [0.15, 0.2) is 0 Å². The normalized spacial score (nSPS) is 11.8. The van der Waals surface area contributed by atoms with E-state index in [1.54, 1.807) is 0 Å². The lowest BCUT2D eigenvalue weighted by Gasteiger charge is -2.19. The third kappa shape index (κ3) is 8.31. The highest BCUT2D eigenvalue weighted by Crippen LogP contribution is 2.18. The highest BCUT2D eigenvalue weighted by Gasteiger charge is 2.16. The quantitative estimate of drug-likeness (QED) is 0.611. The van der Waals surface area contributed by atoms with Crippen LogP contribution in [0.15, 0.2) is 30.3 Å². The van der Waals surface area contributed by atoms with Gasteiger partial charge >= 0.3 is 5.97 Å². The number of benzene rings is 1. The number of hydrogen-bond acceptors (Lipinski definition) is 3. The summed E-state index contributed by atoms with van der Waals surface area (Å²) in [5, 5.41) is 14.2. The number of hydrogen-bond donors (Lipinski definition) is 3. The summed E-state index contributed by atoms with van der Waals surface area (Å²) < 4.78 is 0. The molecule has 0 aliphatic heterocycles. The van der Waals surface area contributed by atoms with Gasteiger partial charge in [-0.3, -0.25) is 14.4 Å². The van der Waals surface area contributed by atoms with E-state index in [0.29, 0.717) is 18.8 Å². The number of amides is 2. The fourth-order valence-electron chi connectivity index (χ4n) is 2.21. The van der Waals surface area contributed by atoms with Crippen LogP contribution in [-0.2, 0) is 14.4 Å². The molecule has 3 N–H and O–H groups in total. The summed E-state index contributed by atoms with van der Waals surface area (Å²) in [7, 11) is 0. The largest absolute Gasteiger partial charge is 0.481 e. The zero-order chi connectivity index (χ0) is 17.9. The van der Waals surface area contributed by atoms with E-state index in [4.69, 9.17) is 5.11 Å². The molecule has 1 aromatic rings. The second-order valence-electron chi connectivity index (χ2n) is 6.17. The van der Waals surface area contributed by atoms with E-state index >= 15 is 0 Å². The number of carboxylic acid groups (broad SMARTS) is 1. The van der Waals surface area contributed by atoms with Crippen LogP contribution >= 0.6 is 0 Å². The molecule has 0 bridgehead atoms. The molecule has 132 valence electrons. The highest BCUT2D eigenvalue weighted by atomic mass is 16.4. The summed E-state index contributed by atoms with van der Waals surface area (Å²) in [4.78, 5) is 34.5. The van der Waals surface area contributed by atoms with Gasteiger partial charge < -0.3 is 15.7 Å². The molecule has 0 saturated heterocycles. The number of nitrogens with one attached hydrogen (secondary N) is 2. The zero-order valence-electron chi connectivity index (χ0n) is 14.2. The van der Waals surface area contributed by atoms with Crippen LogP contribution in [0.3, 0.4) is 0 Å². The van der Waals surface area contributed by atoms with E-state index in [0.717, 1.165) is 12.0 Å². The van der Waals surface area contributed by atoms with Crippen molar-refractivity contribution in [3.05, 3.63) is 35.9 Å². The summed E-state index contributed by atoms with van der Waals surface area (Å²) in [5.74, 6) is -0.956. The van der Waals surface area contributed by atoms with Crippen LogP contribution < -0.4 is 10.6 Å². The van der Waals surface area contributed by atoms with Gasteiger partial charge in [-0.2, -0.15) is 0 Å². The number of carbonyl (C=O) groups excluding carboxylic acids is 2. The fourth-order valence-corrected chi connectivity index (χ4v) is 2.21. The van der Waals surface area contributed by atoms with E-state index in [1.165, 1.54) is 0 Å². The zero-order valence-corrected chi connectivity index (χ0v) is 14.2. The fraction of sp³-hybridized carbons (Fsp3) is 0.500. The predicted octanol–water partition coefficient (Wildman–Crippen LogP) is 2.26. The van der Waals surface area contributed by atoms with Crippen molar-refractivity contribution in [3.8, 4) is 0 Å². The molecule has 24 heavy (non-hydrogen) atoms. The first kappa shape index (κ1) is 19.7. The lowest BCUT2D eigenvalue weighted by Crippen LogP contribution is -2.38. The molecule has 1 aromatic carbocycles. The van der Waals surface area contributed by atoms with Crippen molar-refractivity contribution >= 4 is 17.8 Å². The Balaban J connectivity index is 2.51. The molecule has 0 aliphatic carbocycles. The summed E-state index contributed by atoms with van der Waals surface area (Å²) >= 11 is 0. The Kier molecular flexibility index (Phi) is 8.54. The molecule has 1 unspecified atom stereocenters. The van der Waals surface area contributed by atoms with E-state index in [-0.39, 0.29) is 30.8 Å². The van der Waals surface area contributed by atoms with Crippen molar-refractivity contribution in [1.29, 1.82) is 0 Å². The average molecular weight is 334 g/mol. The molecule has 0 radical (unpaired) electrons. The first-order valence-electron chi connectivity index (χ1n) is 8.21. The van der Waals surface area contributed by atoms with Gasteiger partial charge in [0.2, 0.25) is 11.8 Å². The molecule has 0 aromatic heterocycles. The van der Waals surface area contributed by atoms with Crippen LogP contribution in [0.1, 0.15) is 51.1 Å². The smallest absolute Gasteiger partial charge is 0.303 e. The summed E-state index contributed by atoms with van der Waals surface area (Å²) in [6, 6.07) is 8.82. The Morgan fingerprint density at radius 1 is 1.00 bits per heavy atom. The maximum absolute atomic E-state index is 12.0. The number of rotatable bonds is 10. The third-order valence-electron chi connectivity index (χ3n) is 3.58. The van der Waals surface area contributed by atoms with E-state index in [9.17, 15) is 14.4 Å². The van der Waals surface area contributed by atoms with Gasteiger partial charge in [-0.1, -0.05) is 44.2 Å². The highest BCUT2D eigenvalue weighted by molar-refractivity contribution is 5.84. The van der Waals surface area contributed by atoms with Crippen LogP contribution in [0, 0.1) is 5.92 Å². The second kappa shape index (κ2) is 10.4. The topological polar surface area (TPSA) is 95.5 Å². The monoisotopic (exact) mass is 334 g/mol. The molecule has 6 heteroatoms. The summed E-state index contributed by atoms with van der Waals surface area (Å²) in [5.41, 5.74) is 0.846. The molecule has 1 rings (SSSR count). The van der Waals surface area contributed by atoms with Crippen molar-refractivity contribution in [2.45, 2.75) is 45.6 Å². The van der Waals surface area contributed by atoms with Crippen LogP contribution in [0.5, 0.6) is 0 Å². The SMILES string of the molecule is CC(C)CCC(=O)NCC(=O)NC(CCC(=O)O)c1ccccc1. The lowest BCUT2D eigenvalue weighted by atomic mass is 10.0. The predicted molar refractivity (Wildman–Crippen MR) is 91.3 cm³/mol. The van der Waals surface area contributed by atoms with E-state index in [1.807, 2.05) is 44.2 Å². The third-order valence-corrected chi connectivity index (χ3v) is 3.58. The number of carboxylic acids is 1. The van der Waals surface area contributed by atoms with E-state index in [2.05, 4.69) is 10.6 Å². The Morgan fingerprint density at radius 2 is 1.67 bits per heavy atom. The molecular weight excluding hydrogens is 308 g/mol. The van der Waals surface area contributed by atoms with Gasteiger partial charge in [0.1, 0.15) is 0 Å². The van der Waals surface area contributed by atoms with Gasteiger partial charge in [0, 0.05) is 12.8 Å². The molecule has 0 heterocycles. The number of carbonyl (C=O) groups is 3. The number of aliphatic carboxylic acids is 1. The first-order chi connectivity index (χ1) is 11.4. The maximum atomic E-state index is 12.0. The van der Waals surface area contributed by atoms with Crippen molar-refractivity contribution < 1.29 is 19.5 Å². The minimum atomic E-state index is -0.910. The van der Waals surface area contributed by atoms with Gasteiger partial charge in [-0.25, -0.2) is 0 Å². The molecule has 0 aliphatic rings. The maximum Gasteiger partial charge on any atom is 0.303 e. The summed E-state index contributed by atoms with van der Waals surface area (Å²) in [6.07, 6.45) is 1.43. The van der Waals surface area contributed by atoms with Crippen molar-refractivity contribution in [1.82, 2.24) is 10.6 Å². The van der Waals surface area contributed by atoms with Crippen LogP contribution in [0.4, 0.5) is 0 Å². The molecule has 0 spiro atoms. The Bertz CT molecular complexity index is 543. The Morgan fingerprint density at radius 3 is 2.25 bits per heavy atom. The summed E-state index contributed by atoms with van der Waals surface area (Å²) in [6.45, 7) is 3.97. The van der Waals surface area contributed by atoms with Crippen LogP contribution in [0.25, 0.3) is 0 Å². The molecule has 0 fully saturated rings. The van der Waals surface area contributed by atoms with Gasteiger partial charge in [-0.05, 0) is 24.3 Å². The Labute approximate surface area is 142 Å². The van der Waals surface area contributed by atoms with Gasteiger partial charge in [0.05, 0.1) is 12.6 Å². The van der Waals surface area contributed by atoms with Crippen molar-refractivity contribution in [2.75, 3.05) is 6.54 Å². The molecule has 6 nitrogen and oxygen atoms in total. The van der Waals surface area contributed by atoms with Gasteiger partial charge in [-0.15, -0.1) is 0 Å². The molecule has 1 atom stereocenters. The van der Waals surface area contributed by atoms with Crippen molar-refractivity contribution in [3.63, 3.8) is 0 Å². The molecular formula is C18H26N2O4. The average Bonchev–Trinajstić information content (AvgIpc) is 2.55. The van der Waals surface area contributed by atoms with Crippen LogP contribution in [-0.4, -0.2) is 29.4 Å².